The van der Waals surface area contributed by atoms with Crippen molar-refractivity contribution in [3.63, 3.8) is 0 Å². The third kappa shape index (κ3) is 3.02. The van der Waals surface area contributed by atoms with E-state index in [4.69, 9.17) is 4.74 Å². The predicted octanol–water partition coefficient (Wildman–Crippen LogP) is 4.43. The number of nitrogens with zero attached hydrogens (tertiary/aromatic N) is 3. The normalized spacial score (nSPS) is 10.4. The second kappa shape index (κ2) is 6.59. The van der Waals surface area contributed by atoms with Gasteiger partial charge in [0.25, 0.3) is 0 Å². The molecular weight excluding hydrogens is 298 g/mol. The van der Waals surface area contributed by atoms with Crippen molar-refractivity contribution in [2.45, 2.75) is 20.8 Å². The molecule has 0 atom stereocenters. The minimum Gasteiger partial charge on any atom is -0.493 e. The quantitative estimate of drug-likeness (QED) is 0.715. The Hall–Kier alpha value is -3.06. The van der Waals surface area contributed by atoms with E-state index in [1.165, 1.54) is 5.56 Å². The summed E-state index contributed by atoms with van der Waals surface area (Å²) >= 11 is 0. The van der Waals surface area contributed by atoms with Gasteiger partial charge in [0.2, 0.25) is 0 Å². The third-order valence-electron chi connectivity index (χ3n) is 3.81. The molecular formula is C20H19N3O. The Bertz CT molecular complexity index is 902. The molecule has 3 aromatic rings. The summed E-state index contributed by atoms with van der Waals surface area (Å²) in [6.45, 7) is 6.63. The van der Waals surface area contributed by atoms with Gasteiger partial charge < -0.3 is 4.74 Å². The van der Waals surface area contributed by atoms with E-state index < -0.39 is 0 Å². The summed E-state index contributed by atoms with van der Waals surface area (Å²) in [5.41, 5.74) is 5.40. The molecule has 3 rings (SSSR count). The molecule has 0 fully saturated rings. The second-order valence-corrected chi connectivity index (χ2v) is 5.71. The fraction of sp³-hybridized carbons (Fsp3) is 0.200. The zero-order chi connectivity index (χ0) is 17.1. The maximum Gasteiger partial charge on any atom is 0.163 e. The lowest BCUT2D eigenvalue weighted by atomic mass is 10.1. The van der Waals surface area contributed by atoms with E-state index in [1.54, 1.807) is 10.7 Å². The van der Waals surface area contributed by atoms with Crippen LogP contribution in [0.5, 0.6) is 5.75 Å². The van der Waals surface area contributed by atoms with Crippen LogP contribution in [0.4, 0.5) is 0 Å². The molecule has 0 aliphatic carbocycles. The van der Waals surface area contributed by atoms with Crippen molar-refractivity contribution >= 4 is 0 Å². The molecule has 0 spiro atoms. The monoisotopic (exact) mass is 317 g/mol. The first kappa shape index (κ1) is 15.8. The highest BCUT2D eigenvalue weighted by Crippen LogP contribution is 2.33. The van der Waals surface area contributed by atoms with Gasteiger partial charge in [-0.3, -0.25) is 0 Å². The molecule has 120 valence electrons. The Labute approximate surface area is 141 Å². The predicted molar refractivity (Wildman–Crippen MR) is 94.4 cm³/mol. The molecule has 4 heteroatoms. The van der Waals surface area contributed by atoms with Gasteiger partial charge in [-0.1, -0.05) is 29.3 Å². The highest BCUT2D eigenvalue weighted by atomic mass is 16.5. The maximum absolute atomic E-state index is 9.28. The van der Waals surface area contributed by atoms with E-state index in [0.29, 0.717) is 12.3 Å². The van der Waals surface area contributed by atoms with Crippen LogP contribution in [0.1, 0.15) is 23.7 Å². The minimum absolute atomic E-state index is 0.384. The van der Waals surface area contributed by atoms with Crippen molar-refractivity contribution in [1.82, 2.24) is 9.78 Å². The first-order chi connectivity index (χ1) is 11.6. The number of aromatic nitrogens is 2. The average molecular weight is 317 g/mol. The summed E-state index contributed by atoms with van der Waals surface area (Å²) < 4.78 is 7.58. The number of rotatable bonds is 4. The van der Waals surface area contributed by atoms with Gasteiger partial charge in [0.05, 0.1) is 18.0 Å². The molecule has 0 amide bonds. The molecule has 2 aromatic carbocycles. The van der Waals surface area contributed by atoms with Crippen molar-refractivity contribution in [3.8, 4) is 28.8 Å². The van der Waals surface area contributed by atoms with Crippen molar-refractivity contribution in [1.29, 1.82) is 5.26 Å². The average Bonchev–Trinajstić information content (AvgIpc) is 3.01. The van der Waals surface area contributed by atoms with Gasteiger partial charge in [-0.25, -0.2) is 4.68 Å². The first-order valence-corrected chi connectivity index (χ1v) is 7.93. The lowest BCUT2D eigenvalue weighted by Gasteiger charge is -2.13. The molecule has 24 heavy (non-hydrogen) atoms. The Morgan fingerprint density at radius 2 is 1.75 bits per heavy atom. The van der Waals surface area contributed by atoms with E-state index in [1.807, 2.05) is 57.2 Å². The molecule has 1 aromatic heterocycles. The number of hydrogen-bond donors (Lipinski definition) is 0. The van der Waals surface area contributed by atoms with Crippen molar-refractivity contribution < 1.29 is 4.74 Å². The SMILES string of the molecule is CCOc1ccc(C)cc1-c1cc(C#N)nn1-c1ccc(C)cc1. The van der Waals surface area contributed by atoms with Crippen LogP contribution in [-0.4, -0.2) is 16.4 Å². The van der Waals surface area contributed by atoms with Gasteiger partial charge in [-0.2, -0.15) is 10.4 Å². The number of hydrogen-bond acceptors (Lipinski definition) is 3. The fourth-order valence-corrected chi connectivity index (χ4v) is 2.64. The summed E-state index contributed by atoms with van der Waals surface area (Å²) in [5, 5.41) is 13.7. The maximum atomic E-state index is 9.28. The Morgan fingerprint density at radius 1 is 1.04 bits per heavy atom. The summed E-state index contributed by atoms with van der Waals surface area (Å²) in [6.07, 6.45) is 0. The Morgan fingerprint density at radius 3 is 2.42 bits per heavy atom. The molecule has 0 N–H and O–H groups in total. The highest BCUT2D eigenvalue weighted by molar-refractivity contribution is 5.71. The Balaban J connectivity index is 2.22. The summed E-state index contributed by atoms with van der Waals surface area (Å²) in [4.78, 5) is 0. The van der Waals surface area contributed by atoms with E-state index in [0.717, 1.165) is 28.3 Å². The molecule has 4 nitrogen and oxygen atoms in total. The third-order valence-corrected chi connectivity index (χ3v) is 3.81. The minimum atomic E-state index is 0.384. The zero-order valence-electron chi connectivity index (χ0n) is 14.1. The molecule has 1 heterocycles. The topological polar surface area (TPSA) is 50.8 Å². The second-order valence-electron chi connectivity index (χ2n) is 5.71. The van der Waals surface area contributed by atoms with E-state index >= 15 is 0 Å². The number of benzene rings is 2. The van der Waals surface area contributed by atoms with Gasteiger partial charge in [-0.15, -0.1) is 0 Å². The van der Waals surface area contributed by atoms with Gasteiger partial charge in [0.1, 0.15) is 11.8 Å². The Kier molecular flexibility index (Phi) is 4.35. The summed E-state index contributed by atoms with van der Waals surface area (Å²) in [5.74, 6) is 0.792. The van der Waals surface area contributed by atoms with Crippen LogP contribution in [0.3, 0.4) is 0 Å². The van der Waals surface area contributed by atoms with Crippen LogP contribution in [0.25, 0.3) is 16.9 Å². The van der Waals surface area contributed by atoms with Gasteiger partial charge >= 0.3 is 0 Å². The lowest BCUT2D eigenvalue weighted by Crippen LogP contribution is -2.01. The molecule has 0 aliphatic heterocycles. The van der Waals surface area contributed by atoms with Gasteiger partial charge in [0, 0.05) is 11.6 Å². The van der Waals surface area contributed by atoms with Gasteiger partial charge in [-0.05, 0) is 45.0 Å². The van der Waals surface area contributed by atoms with Crippen molar-refractivity contribution in [2.75, 3.05) is 6.61 Å². The van der Waals surface area contributed by atoms with Crippen molar-refractivity contribution in [2.24, 2.45) is 0 Å². The largest absolute Gasteiger partial charge is 0.493 e. The summed E-state index contributed by atoms with van der Waals surface area (Å²) in [6, 6.07) is 18.1. The number of ether oxygens (including phenoxy) is 1. The molecule has 0 radical (unpaired) electrons. The molecule has 0 bridgehead atoms. The van der Waals surface area contributed by atoms with E-state index in [9.17, 15) is 5.26 Å². The first-order valence-electron chi connectivity index (χ1n) is 7.93. The highest BCUT2D eigenvalue weighted by Gasteiger charge is 2.16. The summed E-state index contributed by atoms with van der Waals surface area (Å²) in [7, 11) is 0. The van der Waals surface area contributed by atoms with Crippen LogP contribution in [0.15, 0.2) is 48.5 Å². The van der Waals surface area contributed by atoms with Crippen LogP contribution >= 0.6 is 0 Å². The molecule has 0 unspecified atom stereocenters. The zero-order valence-corrected chi connectivity index (χ0v) is 14.1. The van der Waals surface area contributed by atoms with Gasteiger partial charge in [0.15, 0.2) is 5.69 Å². The van der Waals surface area contributed by atoms with Crippen LogP contribution in [0, 0.1) is 25.2 Å². The van der Waals surface area contributed by atoms with Crippen molar-refractivity contribution in [3.05, 3.63) is 65.4 Å². The molecule has 0 aliphatic rings. The standard InChI is InChI=1S/C20H19N3O/c1-4-24-20-10-7-15(3)11-18(20)19-12-16(13-21)22-23(19)17-8-5-14(2)6-9-17/h5-12H,4H2,1-3H3. The van der Waals surface area contributed by atoms with Crippen LogP contribution in [-0.2, 0) is 0 Å². The number of aryl methyl sites for hydroxylation is 2. The fourth-order valence-electron chi connectivity index (χ4n) is 2.64. The molecule has 0 saturated carbocycles. The lowest BCUT2D eigenvalue weighted by molar-refractivity contribution is 0.341. The van der Waals surface area contributed by atoms with Crippen LogP contribution < -0.4 is 4.74 Å². The van der Waals surface area contributed by atoms with E-state index in [2.05, 4.69) is 17.2 Å². The van der Waals surface area contributed by atoms with E-state index in [-0.39, 0.29) is 0 Å². The van der Waals surface area contributed by atoms with Crippen LogP contribution in [0.2, 0.25) is 0 Å². The number of nitriles is 1. The smallest absolute Gasteiger partial charge is 0.163 e. The molecule has 0 saturated heterocycles.